The van der Waals surface area contributed by atoms with Crippen LogP contribution in [0.15, 0.2) is 101 Å². The van der Waals surface area contributed by atoms with Gasteiger partial charge in [-0.1, -0.05) is 42.1 Å². The number of ether oxygens (including phenoxy) is 2. The first-order valence-corrected chi connectivity index (χ1v) is 16.4. The summed E-state index contributed by atoms with van der Waals surface area (Å²) in [7, 11) is 3.21. The number of thioether (sulfide) groups is 1. The van der Waals surface area contributed by atoms with Crippen molar-refractivity contribution in [2.75, 3.05) is 20.0 Å². The first-order valence-electron chi connectivity index (χ1n) is 14.6. The van der Waals surface area contributed by atoms with Gasteiger partial charge in [0.1, 0.15) is 11.5 Å². The third kappa shape index (κ3) is 6.82. The largest absolute Gasteiger partial charge is 0.497 e. The van der Waals surface area contributed by atoms with Crippen molar-refractivity contribution < 1.29 is 19.1 Å². The van der Waals surface area contributed by atoms with Gasteiger partial charge >= 0.3 is 0 Å². The molecule has 46 heavy (non-hydrogen) atoms. The second-order valence-corrected chi connectivity index (χ2v) is 12.4. The number of nitrogens with one attached hydrogen (secondary N) is 1. The zero-order chi connectivity index (χ0) is 32.0. The van der Waals surface area contributed by atoms with E-state index in [1.54, 1.807) is 54.8 Å². The molecule has 2 aromatic heterocycles. The third-order valence-corrected chi connectivity index (χ3v) is 9.35. The van der Waals surface area contributed by atoms with Crippen LogP contribution in [0.4, 0.5) is 0 Å². The molecule has 1 N–H and O–H groups in total. The molecule has 0 saturated carbocycles. The lowest BCUT2D eigenvalue weighted by Crippen LogP contribution is -2.28. The number of aromatic nitrogens is 3. The second-order valence-electron chi connectivity index (χ2n) is 10.5. The van der Waals surface area contributed by atoms with E-state index in [-0.39, 0.29) is 30.2 Å². The van der Waals surface area contributed by atoms with E-state index in [4.69, 9.17) is 14.6 Å². The third-order valence-electron chi connectivity index (χ3n) is 7.52. The minimum absolute atomic E-state index is 0.0933. The number of aryl methyl sites for hydroxylation is 1. The molecule has 0 spiro atoms. The van der Waals surface area contributed by atoms with Gasteiger partial charge in [-0.05, 0) is 78.0 Å². The van der Waals surface area contributed by atoms with E-state index < -0.39 is 0 Å². The number of thiophene rings is 1. The van der Waals surface area contributed by atoms with Crippen molar-refractivity contribution in [3.05, 3.63) is 118 Å². The number of hydrogen-bond donors (Lipinski definition) is 1. The highest BCUT2D eigenvalue weighted by Crippen LogP contribution is 2.35. The Hall–Kier alpha value is -4.94. The summed E-state index contributed by atoms with van der Waals surface area (Å²) in [6.45, 7) is 2.14. The summed E-state index contributed by atoms with van der Waals surface area (Å²) < 4.78 is 12.4. The Morgan fingerprint density at radius 3 is 2.37 bits per heavy atom. The van der Waals surface area contributed by atoms with Gasteiger partial charge in [-0.3, -0.25) is 14.2 Å². The van der Waals surface area contributed by atoms with Gasteiger partial charge in [-0.15, -0.1) is 21.5 Å². The molecule has 12 heteroatoms. The fourth-order valence-electron chi connectivity index (χ4n) is 5.15. The molecule has 1 aliphatic rings. The predicted molar refractivity (Wildman–Crippen MR) is 179 cm³/mol. The maximum absolute atomic E-state index is 13.8. The van der Waals surface area contributed by atoms with Gasteiger partial charge in [0.2, 0.25) is 0 Å². The number of hydrogen-bond acceptors (Lipinski definition) is 9. The molecule has 5 aromatic rings. The molecular weight excluding hydrogens is 621 g/mol. The van der Waals surface area contributed by atoms with E-state index in [9.17, 15) is 9.59 Å². The Balaban J connectivity index is 1.22. The molecule has 0 fully saturated rings. The lowest BCUT2D eigenvalue weighted by Gasteiger charge is -2.22. The molecule has 234 valence electrons. The first kappa shape index (κ1) is 31.1. The number of amides is 2. The topological polar surface area (TPSA) is 111 Å². The quantitative estimate of drug-likeness (QED) is 0.173. The maximum atomic E-state index is 13.8. The lowest BCUT2D eigenvalue weighted by atomic mass is 10.0. The van der Waals surface area contributed by atoms with Crippen LogP contribution in [0.1, 0.15) is 44.6 Å². The average Bonchev–Trinajstić information content (AvgIpc) is 3.86. The van der Waals surface area contributed by atoms with Crippen LogP contribution in [0.3, 0.4) is 0 Å². The van der Waals surface area contributed by atoms with Gasteiger partial charge in [-0.2, -0.15) is 5.10 Å². The van der Waals surface area contributed by atoms with E-state index in [1.807, 2.05) is 77.5 Å². The maximum Gasteiger partial charge on any atom is 0.253 e. The van der Waals surface area contributed by atoms with Crippen LogP contribution in [0, 0.1) is 6.92 Å². The number of rotatable bonds is 11. The first-order chi connectivity index (χ1) is 22.4. The summed E-state index contributed by atoms with van der Waals surface area (Å²) in [6, 6.07) is 26.3. The number of carbonyl (C=O) groups excluding carboxylic acids is 2. The summed E-state index contributed by atoms with van der Waals surface area (Å²) in [6.07, 6.45) is 0.612. The smallest absolute Gasteiger partial charge is 0.253 e. The van der Waals surface area contributed by atoms with E-state index in [1.165, 1.54) is 11.8 Å². The Morgan fingerprint density at radius 2 is 1.70 bits per heavy atom. The fourth-order valence-corrected chi connectivity index (χ4v) is 6.69. The summed E-state index contributed by atoms with van der Waals surface area (Å²) in [4.78, 5) is 27.8. The Bertz CT molecular complexity index is 1850. The molecule has 1 atom stereocenters. The van der Waals surface area contributed by atoms with Gasteiger partial charge in [0.25, 0.3) is 11.8 Å². The highest BCUT2D eigenvalue weighted by atomic mass is 32.2. The van der Waals surface area contributed by atoms with Crippen molar-refractivity contribution in [2.45, 2.75) is 31.1 Å². The summed E-state index contributed by atoms with van der Waals surface area (Å²) in [5.41, 5.74) is 4.26. The zero-order valence-corrected chi connectivity index (χ0v) is 27.2. The highest BCUT2D eigenvalue weighted by molar-refractivity contribution is 7.99. The molecule has 0 radical (unpaired) electrons. The Morgan fingerprint density at radius 1 is 0.957 bits per heavy atom. The highest BCUT2D eigenvalue weighted by Gasteiger charge is 2.33. The van der Waals surface area contributed by atoms with Crippen molar-refractivity contribution in [2.24, 2.45) is 5.10 Å². The van der Waals surface area contributed by atoms with E-state index >= 15 is 0 Å². The van der Waals surface area contributed by atoms with Gasteiger partial charge < -0.3 is 14.8 Å². The molecule has 0 bridgehead atoms. The standard InChI is InChI=1S/C34H32N6O4S2/c1-22-6-4-7-25(18-22)39-31(20-35-33(42)24-11-15-27(44-3)16-12-24)36-37-34(39)46-21-32(41)40-29(23-9-13-26(43-2)14-10-23)19-28(38-40)30-8-5-17-45-30/h4-18,29H,19-21H2,1-3H3,(H,35,42)/t29-/m0/s1. The lowest BCUT2D eigenvalue weighted by molar-refractivity contribution is -0.130. The van der Waals surface area contributed by atoms with Crippen molar-refractivity contribution >= 4 is 40.6 Å². The van der Waals surface area contributed by atoms with Crippen LogP contribution in [0.2, 0.25) is 0 Å². The molecule has 0 aliphatic carbocycles. The molecule has 10 nitrogen and oxygen atoms in total. The minimum Gasteiger partial charge on any atom is -0.497 e. The van der Waals surface area contributed by atoms with Crippen molar-refractivity contribution in [3.63, 3.8) is 0 Å². The van der Waals surface area contributed by atoms with E-state index in [0.29, 0.717) is 28.7 Å². The molecule has 6 rings (SSSR count). The molecule has 2 amide bonds. The van der Waals surface area contributed by atoms with Crippen molar-refractivity contribution in [1.82, 2.24) is 25.1 Å². The zero-order valence-electron chi connectivity index (χ0n) is 25.5. The predicted octanol–water partition coefficient (Wildman–Crippen LogP) is 6.05. The van der Waals surface area contributed by atoms with Gasteiger partial charge in [-0.25, -0.2) is 5.01 Å². The monoisotopic (exact) mass is 652 g/mol. The molecule has 3 aromatic carbocycles. The van der Waals surface area contributed by atoms with Gasteiger partial charge in [0, 0.05) is 17.7 Å². The fraction of sp³-hybridized carbons (Fsp3) is 0.206. The molecule has 1 aliphatic heterocycles. The number of carbonyl (C=O) groups is 2. The second kappa shape index (κ2) is 14.0. The minimum atomic E-state index is -0.246. The Kier molecular flexibility index (Phi) is 9.46. The Labute approximate surface area is 275 Å². The summed E-state index contributed by atoms with van der Waals surface area (Å²) in [5.74, 6) is 1.66. The summed E-state index contributed by atoms with van der Waals surface area (Å²) >= 11 is 2.89. The van der Waals surface area contributed by atoms with Crippen LogP contribution in [0.5, 0.6) is 11.5 Å². The van der Waals surface area contributed by atoms with Gasteiger partial charge in [0.15, 0.2) is 11.0 Å². The number of benzene rings is 3. The molecule has 0 saturated heterocycles. The van der Waals surface area contributed by atoms with E-state index in [0.717, 1.165) is 33.2 Å². The van der Waals surface area contributed by atoms with Crippen LogP contribution < -0.4 is 14.8 Å². The SMILES string of the molecule is COc1ccc(C(=O)NCc2nnc(SCC(=O)N3N=C(c4cccs4)C[C@H]3c3ccc(OC)cc3)n2-c2cccc(C)c2)cc1. The average molecular weight is 653 g/mol. The molecule has 3 heterocycles. The van der Waals surface area contributed by atoms with Crippen LogP contribution in [-0.4, -0.2) is 57.3 Å². The normalized spacial score (nSPS) is 14.2. The molecule has 0 unspecified atom stereocenters. The van der Waals surface area contributed by atoms with Crippen molar-refractivity contribution in [1.29, 1.82) is 0 Å². The number of hydrazone groups is 1. The molecular formula is C34H32N6O4S2. The van der Waals surface area contributed by atoms with Crippen LogP contribution in [-0.2, 0) is 11.3 Å². The van der Waals surface area contributed by atoms with E-state index in [2.05, 4.69) is 15.5 Å². The van der Waals surface area contributed by atoms with Crippen LogP contribution in [0.25, 0.3) is 5.69 Å². The number of methoxy groups -OCH3 is 2. The van der Waals surface area contributed by atoms with Gasteiger partial charge in [0.05, 0.1) is 43.1 Å². The summed E-state index contributed by atoms with van der Waals surface area (Å²) in [5, 5.41) is 20.7. The van der Waals surface area contributed by atoms with Crippen LogP contribution >= 0.6 is 23.1 Å². The number of nitrogens with zero attached hydrogens (tertiary/aromatic N) is 5. The van der Waals surface area contributed by atoms with Crippen molar-refractivity contribution in [3.8, 4) is 17.2 Å².